The molecule has 0 bridgehead atoms. The summed E-state index contributed by atoms with van der Waals surface area (Å²) in [6.45, 7) is -0.430. The van der Waals surface area contributed by atoms with E-state index in [0.717, 1.165) is 13.0 Å². The van der Waals surface area contributed by atoms with Crippen molar-refractivity contribution in [3.8, 4) is 11.5 Å². The van der Waals surface area contributed by atoms with Gasteiger partial charge in [-0.2, -0.15) is 8.78 Å². The van der Waals surface area contributed by atoms with Gasteiger partial charge in [0.25, 0.3) is 0 Å². The van der Waals surface area contributed by atoms with Crippen molar-refractivity contribution in [3.63, 3.8) is 0 Å². The molecule has 0 radical (unpaired) electrons. The summed E-state index contributed by atoms with van der Waals surface area (Å²) in [5.41, 5.74) is -0.542. The lowest BCUT2D eigenvalue weighted by molar-refractivity contribution is -0.121. The zero-order valence-electron chi connectivity index (χ0n) is 11.9. The summed E-state index contributed by atoms with van der Waals surface area (Å²) in [4.78, 5) is 12.3. The van der Waals surface area contributed by atoms with Crippen molar-refractivity contribution >= 4 is 11.6 Å². The van der Waals surface area contributed by atoms with Gasteiger partial charge in [0.1, 0.15) is 11.5 Å². The molecule has 1 atom stereocenters. The first-order chi connectivity index (χ1) is 9.94. The Hall–Kier alpha value is -1.89. The van der Waals surface area contributed by atoms with Crippen molar-refractivity contribution in [2.75, 3.05) is 19.0 Å². The molecule has 7 heteroatoms. The van der Waals surface area contributed by atoms with Crippen LogP contribution in [0.15, 0.2) is 18.2 Å². The zero-order valence-corrected chi connectivity index (χ0v) is 11.9. The summed E-state index contributed by atoms with van der Waals surface area (Å²) in [5.74, 6) is 0.0598. The molecule has 1 fully saturated rings. The van der Waals surface area contributed by atoms with Gasteiger partial charge in [-0.3, -0.25) is 4.79 Å². The topological polar surface area (TPSA) is 59.6 Å². The fourth-order valence-corrected chi connectivity index (χ4v) is 2.28. The second-order valence-electron chi connectivity index (χ2n) is 5.06. The average molecular weight is 300 g/mol. The van der Waals surface area contributed by atoms with E-state index in [9.17, 15) is 13.6 Å². The Morgan fingerprint density at radius 3 is 2.81 bits per heavy atom. The number of anilines is 1. The normalized spacial score (nSPS) is 21.4. The Morgan fingerprint density at radius 1 is 1.48 bits per heavy atom. The molecule has 1 aliphatic heterocycles. The number of amides is 1. The van der Waals surface area contributed by atoms with Crippen molar-refractivity contribution in [2.24, 2.45) is 0 Å². The number of carbonyl (C=O) groups is 1. The minimum absolute atomic E-state index is 0.0965. The Balaban J connectivity index is 2.22. The molecule has 21 heavy (non-hydrogen) atoms. The highest BCUT2D eigenvalue weighted by Gasteiger charge is 2.36. The van der Waals surface area contributed by atoms with E-state index < -0.39 is 12.2 Å². The Kier molecular flexibility index (Phi) is 4.62. The first kappa shape index (κ1) is 15.5. The predicted molar refractivity (Wildman–Crippen MR) is 73.9 cm³/mol. The molecule has 1 heterocycles. The highest BCUT2D eigenvalue weighted by molar-refractivity contribution is 5.99. The summed E-state index contributed by atoms with van der Waals surface area (Å²) in [6.07, 6.45) is 1.58. The van der Waals surface area contributed by atoms with Crippen LogP contribution in [0.25, 0.3) is 0 Å². The summed E-state index contributed by atoms with van der Waals surface area (Å²) >= 11 is 0. The first-order valence-electron chi connectivity index (χ1n) is 6.64. The van der Waals surface area contributed by atoms with Crippen molar-refractivity contribution < 1.29 is 23.0 Å². The number of hydrogen-bond donors (Lipinski definition) is 2. The van der Waals surface area contributed by atoms with Gasteiger partial charge in [0, 0.05) is 6.07 Å². The van der Waals surface area contributed by atoms with E-state index >= 15 is 0 Å². The minimum atomic E-state index is -2.96. The number of hydrogen-bond acceptors (Lipinski definition) is 4. The van der Waals surface area contributed by atoms with Crippen LogP contribution in [0.3, 0.4) is 0 Å². The molecule has 2 N–H and O–H groups in total. The summed E-state index contributed by atoms with van der Waals surface area (Å²) < 4.78 is 34.3. The maximum Gasteiger partial charge on any atom is 0.387 e. The molecule has 1 amide bonds. The standard InChI is InChI=1S/C14H18F2N2O3/c1-14(6-3-7-17-14)12(19)18-10-8-9(20-2)4-5-11(10)21-13(15)16/h4-5,8,13,17H,3,6-7H2,1-2H3,(H,18,19). The van der Waals surface area contributed by atoms with Crippen molar-refractivity contribution in [2.45, 2.75) is 31.9 Å². The summed E-state index contributed by atoms with van der Waals surface area (Å²) in [7, 11) is 1.45. The molecule has 1 aliphatic rings. The number of methoxy groups -OCH3 is 1. The number of ether oxygens (including phenoxy) is 2. The molecule has 1 saturated heterocycles. The van der Waals surface area contributed by atoms with Gasteiger partial charge in [0.05, 0.1) is 18.3 Å². The summed E-state index contributed by atoms with van der Waals surface area (Å²) in [5, 5.41) is 5.74. The number of carbonyl (C=O) groups excluding carboxylic acids is 1. The van der Waals surface area contributed by atoms with Gasteiger partial charge in [0.2, 0.25) is 5.91 Å². The van der Waals surface area contributed by atoms with E-state index in [1.54, 1.807) is 6.92 Å². The molecule has 0 aromatic heterocycles. The maximum atomic E-state index is 12.4. The van der Waals surface area contributed by atoms with Crippen LogP contribution in [0.2, 0.25) is 0 Å². The van der Waals surface area contributed by atoms with E-state index in [1.807, 2.05) is 0 Å². The smallest absolute Gasteiger partial charge is 0.387 e. The van der Waals surface area contributed by atoms with Gasteiger partial charge in [-0.05, 0) is 38.4 Å². The molecule has 2 rings (SSSR count). The highest BCUT2D eigenvalue weighted by Crippen LogP contribution is 2.32. The molecule has 0 spiro atoms. The fourth-order valence-electron chi connectivity index (χ4n) is 2.28. The lowest BCUT2D eigenvalue weighted by Gasteiger charge is -2.24. The van der Waals surface area contributed by atoms with Crippen molar-refractivity contribution in [3.05, 3.63) is 18.2 Å². The van der Waals surface area contributed by atoms with Crippen LogP contribution < -0.4 is 20.1 Å². The lowest BCUT2D eigenvalue weighted by atomic mass is 9.99. The third-order valence-electron chi connectivity index (χ3n) is 3.52. The number of benzene rings is 1. The number of halogens is 2. The Labute approximate surface area is 121 Å². The molecular formula is C14H18F2N2O3. The van der Waals surface area contributed by atoms with Crippen LogP contribution in [0.5, 0.6) is 11.5 Å². The largest absolute Gasteiger partial charge is 0.497 e. The monoisotopic (exact) mass is 300 g/mol. The third kappa shape index (κ3) is 3.60. The predicted octanol–water partition coefficient (Wildman–Crippen LogP) is 2.38. The van der Waals surface area contributed by atoms with Crippen LogP contribution in [0.1, 0.15) is 19.8 Å². The van der Waals surface area contributed by atoms with Gasteiger partial charge in [-0.25, -0.2) is 0 Å². The van der Waals surface area contributed by atoms with Crippen LogP contribution in [0, 0.1) is 0 Å². The van der Waals surface area contributed by atoms with Gasteiger partial charge in [-0.1, -0.05) is 0 Å². The first-order valence-corrected chi connectivity index (χ1v) is 6.64. The van der Waals surface area contributed by atoms with Gasteiger partial charge >= 0.3 is 6.61 Å². The van der Waals surface area contributed by atoms with Crippen LogP contribution in [-0.2, 0) is 4.79 Å². The maximum absolute atomic E-state index is 12.4. The van der Waals surface area contributed by atoms with E-state index in [1.165, 1.54) is 25.3 Å². The molecule has 0 aliphatic carbocycles. The number of rotatable bonds is 5. The van der Waals surface area contributed by atoms with Gasteiger partial charge in [-0.15, -0.1) is 0 Å². The van der Waals surface area contributed by atoms with Crippen LogP contribution in [0.4, 0.5) is 14.5 Å². The minimum Gasteiger partial charge on any atom is -0.497 e. The molecule has 116 valence electrons. The average Bonchev–Trinajstić information content (AvgIpc) is 2.88. The zero-order chi connectivity index (χ0) is 15.5. The van der Waals surface area contributed by atoms with E-state index in [2.05, 4.69) is 15.4 Å². The second-order valence-corrected chi connectivity index (χ2v) is 5.06. The molecule has 5 nitrogen and oxygen atoms in total. The fraction of sp³-hybridized carbons (Fsp3) is 0.500. The van der Waals surface area contributed by atoms with Crippen LogP contribution >= 0.6 is 0 Å². The van der Waals surface area contributed by atoms with E-state index in [4.69, 9.17) is 4.74 Å². The Morgan fingerprint density at radius 2 is 2.24 bits per heavy atom. The number of nitrogens with one attached hydrogen (secondary N) is 2. The molecule has 1 unspecified atom stereocenters. The van der Waals surface area contributed by atoms with Crippen molar-refractivity contribution in [1.29, 1.82) is 0 Å². The van der Waals surface area contributed by atoms with Gasteiger partial charge in [0.15, 0.2) is 0 Å². The van der Waals surface area contributed by atoms with E-state index in [0.29, 0.717) is 12.2 Å². The SMILES string of the molecule is COc1ccc(OC(F)F)c(NC(=O)C2(C)CCCN2)c1. The van der Waals surface area contributed by atoms with Gasteiger partial charge < -0.3 is 20.1 Å². The van der Waals surface area contributed by atoms with E-state index in [-0.39, 0.29) is 17.3 Å². The molecule has 1 aromatic rings. The third-order valence-corrected chi connectivity index (χ3v) is 3.52. The Bertz CT molecular complexity index is 517. The second kappa shape index (κ2) is 6.26. The molecule has 1 aromatic carbocycles. The van der Waals surface area contributed by atoms with Crippen LogP contribution in [-0.4, -0.2) is 31.7 Å². The molecule has 0 saturated carbocycles. The lowest BCUT2D eigenvalue weighted by Crippen LogP contribution is -2.48. The quantitative estimate of drug-likeness (QED) is 0.876. The molecular weight excluding hydrogens is 282 g/mol. The number of alkyl halides is 2. The van der Waals surface area contributed by atoms with Crippen molar-refractivity contribution in [1.82, 2.24) is 5.32 Å². The summed E-state index contributed by atoms with van der Waals surface area (Å²) in [6, 6.07) is 4.28. The highest BCUT2D eigenvalue weighted by atomic mass is 19.3.